The van der Waals surface area contributed by atoms with E-state index < -0.39 is 0 Å². The van der Waals surface area contributed by atoms with Crippen molar-refractivity contribution in [1.82, 2.24) is 19.5 Å². The fraction of sp³-hybridized carbons (Fsp3) is 0.400. The van der Waals surface area contributed by atoms with E-state index in [4.69, 9.17) is 0 Å². The van der Waals surface area contributed by atoms with Crippen LogP contribution in [0.25, 0.3) is 16.9 Å². The normalized spacial score (nSPS) is 18.1. The van der Waals surface area contributed by atoms with Crippen molar-refractivity contribution in [2.45, 2.75) is 25.3 Å². The van der Waals surface area contributed by atoms with E-state index in [0.29, 0.717) is 0 Å². The summed E-state index contributed by atoms with van der Waals surface area (Å²) in [4.78, 5) is 6.96. The number of fused-ring (bicyclic) bond motifs is 1. The molecule has 1 fully saturated rings. The van der Waals surface area contributed by atoms with E-state index >= 15 is 0 Å². The van der Waals surface area contributed by atoms with Gasteiger partial charge < -0.3 is 10.4 Å². The quantitative estimate of drug-likeness (QED) is 0.699. The van der Waals surface area contributed by atoms with Gasteiger partial charge in [0.15, 0.2) is 5.65 Å². The lowest BCUT2D eigenvalue weighted by atomic mass is 10.0. The topological polar surface area (TPSA) is 65.7 Å². The number of likely N-dealkylation sites (tertiary alicyclic amines) is 1. The molecule has 0 unspecified atom stereocenters. The fourth-order valence-corrected chi connectivity index (χ4v) is 3.70. The molecule has 3 heterocycles. The Labute approximate surface area is 157 Å². The van der Waals surface area contributed by atoms with E-state index in [-0.39, 0.29) is 18.5 Å². The Morgan fingerprint density at radius 2 is 2.04 bits per heavy atom. The lowest BCUT2D eigenvalue weighted by Crippen LogP contribution is -2.44. The van der Waals surface area contributed by atoms with E-state index in [1.165, 1.54) is 25.0 Å². The molecule has 1 aliphatic heterocycles. The van der Waals surface area contributed by atoms with E-state index in [9.17, 15) is 9.50 Å². The van der Waals surface area contributed by atoms with Crippen molar-refractivity contribution >= 4 is 11.5 Å². The molecule has 3 aromatic rings. The minimum atomic E-state index is -0.262. The maximum Gasteiger partial charge on any atom is 0.157 e. The molecule has 1 saturated heterocycles. The third-order valence-corrected chi connectivity index (χ3v) is 5.16. The van der Waals surface area contributed by atoms with Gasteiger partial charge >= 0.3 is 0 Å². The molecular weight excluding hydrogens is 345 g/mol. The summed E-state index contributed by atoms with van der Waals surface area (Å²) in [5, 5.41) is 17.4. The van der Waals surface area contributed by atoms with Gasteiger partial charge in [0.05, 0.1) is 18.5 Å². The van der Waals surface area contributed by atoms with Crippen LogP contribution in [-0.4, -0.2) is 56.9 Å². The zero-order valence-corrected chi connectivity index (χ0v) is 15.2. The SMILES string of the molecule is OC[C@@H]1CCCCN1CCNc1cc(-c2ccc(F)cc2)nc2ccnn12. The molecule has 6 nitrogen and oxygen atoms in total. The van der Waals surface area contributed by atoms with Gasteiger partial charge in [0, 0.05) is 36.8 Å². The molecule has 1 aliphatic rings. The highest BCUT2D eigenvalue weighted by atomic mass is 19.1. The maximum atomic E-state index is 13.2. The lowest BCUT2D eigenvalue weighted by Gasteiger charge is -2.34. The molecule has 7 heteroatoms. The van der Waals surface area contributed by atoms with E-state index in [1.807, 2.05) is 12.1 Å². The predicted octanol–water partition coefficient (Wildman–Crippen LogP) is 2.79. The van der Waals surface area contributed by atoms with Gasteiger partial charge in [-0.05, 0) is 43.7 Å². The van der Waals surface area contributed by atoms with Crippen LogP contribution in [0.2, 0.25) is 0 Å². The second kappa shape index (κ2) is 8.02. The Morgan fingerprint density at radius 3 is 2.85 bits per heavy atom. The maximum absolute atomic E-state index is 13.2. The van der Waals surface area contributed by atoms with Gasteiger partial charge in [-0.25, -0.2) is 9.37 Å². The number of aliphatic hydroxyl groups is 1. The number of anilines is 1. The van der Waals surface area contributed by atoms with Crippen LogP contribution < -0.4 is 5.32 Å². The second-order valence-electron chi connectivity index (χ2n) is 6.93. The lowest BCUT2D eigenvalue weighted by molar-refractivity contribution is 0.0940. The molecule has 0 amide bonds. The first kappa shape index (κ1) is 17.9. The Bertz CT molecular complexity index is 895. The van der Waals surface area contributed by atoms with Gasteiger partial charge in [0.2, 0.25) is 0 Å². The average molecular weight is 369 g/mol. The molecule has 1 atom stereocenters. The summed E-state index contributed by atoms with van der Waals surface area (Å²) in [6, 6.07) is 10.4. The molecule has 142 valence electrons. The summed E-state index contributed by atoms with van der Waals surface area (Å²) >= 11 is 0. The number of aliphatic hydroxyl groups excluding tert-OH is 1. The first-order valence-electron chi connectivity index (χ1n) is 9.44. The summed E-state index contributed by atoms with van der Waals surface area (Å²) < 4.78 is 15.0. The monoisotopic (exact) mass is 369 g/mol. The highest BCUT2D eigenvalue weighted by molar-refractivity contribution is 5.66. The highest BCUT2D eigenvalue weighted by Gasteiger charge is 2.21. The first-order valence-corrected chi connectivity index (χ1v) is 9.44. The van der Waals surface area contributed by atoms with Gasteiger partial charge in [-0.2, -0.15) is 9.61 Å². The molecule has 2 N–H and O–H groups in total. The van der Waals surface area contributed by atoms with Crippen molar-refractivity contribution in [2.75, 3.05) is 31.6 Å². The van der Waals surface area contributed by atoms with Crippen LogP contribution in [0.15, 0.2) is 42.6 Å². The second-order valence-corrected chi connectivity index (χ2v) is 6.93. The first-order chi connectivity index (χ1) is 13.2. The van der Waals surface area contributed by atoms with Gasteiger partial charge in [-0.1, -0.05) is 6.42 Å². The molecule has 0 spiro atoms. The van der Waals surface area contributed by atoms with Crippen LogP contribution in [0.5, 0.6) is 0 Å². The van der Waals surface area contributed by atoms with Crippen molar-refractivity contribution in [3.8, 4) is 11.3 Å². The summed E-state index contributed by atoms with van der Waals surface area (Å²) in [5.41, 5.74) is 2.38. The highest BCUT2D eigenvalue weighted by Crippen LogP contribution is 2.22. The molecule has 2 aromatic heterocycles. The number of nitrogens with one attached hydrogen (secondary N) is 1. The Morgan fingerprint density at radius 1 is 1.19 bits per heavy atom. The van der Waals surface area contributed by atoms with Gasteiger partial charge in [0.25, 0.3) is 0 Å². The van der Waals surface area contributed by atoms with E-state index in [1.54, 1.807) is 22.8 Å². The zero-order valence-electron chi connectivity index (χ0n) is 15.2. The van der Waals surface area contributed by atoms with Crippen LogP contribution in [0, 0.1) is 5.82 Å². The van der Waals surface area contributed by atoms with Crippen molar-refractivity contribution < 1.29 is 9.50 Å². The van der Waals surface area contributed by atoms with Crippen LogP contribution in [0.1, 0.15) is 19.3 Å². The third-order valence-electron chi connectivity index (χ3n) is 5.16. The number of aromatic nitrogens is 3. The van der Waals surface area contributed by atoms with Crippen molar-refractivity contribution in [3.05, 3.63) is 48.4 Å². The average Bonchev–Trinajstić information content (AvgIpc) is 3.18. The zero-order chi connectivity index (χ0) is 18.6. The molecule has 27 heavy (non-hydrogen) atoms. The molecule has 4 rings (SSSR count). The number of hydrogen-bond donors (Lipinski definition) is 2. The van der Waals surface area contributed by atoms with E-state index in [2.05, 4.69) is 20.3 Å². The minimum Gasteiger partial charge on any atom is -0.395 e. The summed E-state index contributed by atoms with van der Waals surface area (Å²) in [5.74, 6) is 0.587. The van der Waals surface area contributed by atoms with Crippen LogP contribution in [0.3, 0.4) is 0 Å². The number of halogens is 1. The standard InChI is InChI=1S/C20H24FN5O/c21-16-6-4-15(5-7-16)18-13-20(26-19(24-18)8-9-23-26)22-10-12-25-11-2-1-3-17(25)14-27/h4-9,13,17,22,27H,1-3,10-12,14H2/t17-/m0/s1. The van der Waals surface area contributed by atoms with Gasteiger partial charge in [0.1, 0.15) is 11.6 Å². The van der Waals surface area contributed by atoms with Crippen LogP contribution in [-0.2, 0) is 0 Å². The van der Waals surface area contributed by atoms with E-state index in [0.717, 1.165) is 48.8 Å². The summed E-state index contributed by atoms with van der Waals surface area (Å²) in [6.07, 6.45) is 5.15. The fourth-order valence-electron chi connectivity index (χ4n) is 3.70. The van der Waals surface area contributed by atoms with Crippen molar-refractivity contribution in [2.24, 2.45) is 0 Å². The third kappa shape index (κ3) is 3.94. The molecular formula is C20H24FN5O. The summed E-state index contributed by atoms with van der Waals surface area (Å²) in [7, 11) is 0. The van der Waals surface area contributed by atoms with Crippen LogP contribution >= 0.6 is 0 Å². The number of nitrogens with zero attached hydrogens (tertiary/aromatic N) is 4. The predicted molar refractivity (Wildman–Crippen MR) is 103 cm³/mol. The number of hydrogen-bond acceptors (Lipinski definition) is 5. The molecule has 0 radical (unpaired) electrons. The number of benzene rings is 1. The van der Waals surface area contributed by atoms with Crippen LogP contribution in [0.4, 0.5) is 10.2 Å². The number of piperidine rings is 1. The Kier molecular flexibility index (Phi) is 5.31. The smallest absolute Gasteiger partial charge is 0.157 e. The molecule has 0 bridgehead atoms. The van der Waals surface area contributed by atoms with Gasteiger partial charge in [-0.3, -0.25) is 4.90 Å². The van der Waals surface area contributed by atoms with Crippen molar-refractivity contribution in [3.63, 3.8) is 0 Å². The van der Waals surface area contributed by atoms with Crippen molar-refractivity contribution in [1.29, 1.82) is 0 Å². The number of rotatable bonds is 6. The largest absolute Gasteiger partial charge is 0.395 e. The Hall–Kier alpha value is -2.51. The van der Waals surface area contributed by atoms with Gasteiger partial charge in [-0.15, -0.1) is 0 Å². The minimum absolute atomic E-state index is 0.216. The Balaban J connectivity index is 1.52. The molecule has 1 aromatic carbocycles. The molecule has 0 aliphatic carbocycles. The molecule has 0 saturated carbocycles. The summed E-state index contributed by atoms with van der Waals surface area (Å²) in [6.45, 7) is 2.86.